The Balaban J connectivity index is 1.88. The fourth-order valence-electron chi connectivity index (χ4n) is 3.21. The molecule has 2 bridgehead atoms. The highest BCUT2D eigenvalue weighted by Gasteiger charge is 2.49. The normalized spacial score (nSPS) is 36.1. The van der Waals surface area contributed by atoms with Crippen LogP contribution in [0.1, 0.15) is 0 Å². The first-order chi connectivity index (χ1) is 8.18. The highest BCUT2D eigenvalue weighted by atomic mass is 35.5. The molecule has 1 aromatic carbocycles. The lowest BCUT2D eigenvalue weighted by atomic mass is 10.1. The molecule has 2 nitrogen and oxygen atoms in total. The minimum atomic E-state index is 0.778. The average Bonchev–Trinajstić information content (AvgIpc) is 2.41. The number of quaternary nitrogens is 2. The fourth-order valence-corrected chi connectivity index (χ4v) is 3.69. The van der Waals surface area contributed by atoms with Gasteiger partial charge in [0.05, 0.1) is 0 Å². The summed E-state index contributed by atoms with van der Waals surface area (Å²) in [6.45, 7) is 7.29. The van der Waals surface area contributed by atoms with Gasteiger partial charge in [-0.05, 0) is 12.1 Å². The van der Waals surface area contributed by atoms with Crippen LogP contribution in [0.3, 0.4) is 0 Å². The van der Waals surface area contributed by atoms with Crippen molar-refractivity contribution >= 4 is 28.9 Å². The van der Waals surface area contributed by atoms with E-state index < -0.39 is 0 Å². The van der Waals surface area contributed by atoms with E-state index >= 15 is 0 Å². The number of nitrogens with zero attached hydrogens (tertiary/aromatic N) is 2. The third kappa shape index (κ3) is 1.88. The summed E-state index contributed by atoms with van der Waals surface area (Å²) < 4.78 is 2.25. The van der Waals surface area contributed by atoms with Gasteiger partial charge >= 0.3 is 0 Å². The summed E-state index contributed by atoms with van der Waals surface area (Å²) in [7, 11) is 0. The quantitative estimate of drug-likeness (QED) is 0.441. The molecule has 3 aliphatic rings. The molecule has 0 atom stereocenters. The third-order valence-electron chi connectivity index (χ3n) is 4.64. The first-order valence-corrected chi connectivity index (χ1v) is 7.13. The van der Waals surface area contributed by atoms with Crippen molar-refractivity contribution in [3.05, 3.63) is 29.3 Å². The lowest BCUT2D eigenvalue weighted by Gasteiger charge is -2.54. The Morgan fingerprint density at radius 1 is 0.882 bits per heavy atom. The molecule has 0 unspecified atom stereocenters. The first kappa shape index (κ1) is 11.8. The highest BCUT2D eigenvalue weighted by molar-refractivity contribution is 6.30. The number of fused-ring (bicyclic) bond motifs is 3. The van der Waals surface area contributed by atoms with E-state index in [1.54, 1.807) is 0 Å². The Morgan fingerprint density at radius 3 is 1.88 bits per heavy atom. The average molecular weight is 273 g/mol. The van der Waals surface area contributed by atoms with Gasteiger partial charge in [-0.25, -0.2) is 0 Å². The van der Waals surface area contributed by atoms with Crippen molar-refractivity contribution in [1.82, 2.24) is 4.48 Å². The van der Waals surface area contributed by atoms with E-state index in [2.05, 4.69) is 12.1 Å². The first-order valence-electron chi connectivity index (χ1n) is 6.21. The minimum Gasteiger partial charge on any atom is -0.297 e. The molecular weight excluding hydrogens is 255 g/mol. The van der Waals surface area contributed by atoms with Gasteiger partial charge in [-0.3, -0.25) is 8.97 Å². The van der Waals surface area contributed by atoms with Crippen molar-refractivity contribution in [2.75, 3.05) is 45.3 Å². The number of rotatable bonds is 2. The summed E-state index contributed by atoms with van der Waals surface area (Å²) in [6, 6.07) is 9.18. The van der Waals surface area contributed by atoms with Gasteiger partial charge in [-0.2, -0.15) is 0 Å². The highest BCUT2D eigenvalue weighted by Crippen LogP contribution is 2.33. The van der Waals surface area contributed by atoms with Crippen molar-refractivity contribution in [2.45, 2.75) is 0 Å². The molecule has 0 N–H and O–H groups in total. The summed E-state index contributed by atoms with van der Waals surface area (Å²) in [4.78, 5) is 0. The summed E-state index contributed by atoms with van der Waals surface area (Å²) in [5.41, 5.74) is 1.42. The molecule has 4 rings (SSSR count). The maximum atomic E-state index is 6.12. The Bertz CT molecular complexity index is 391. The van der Waals surface area contributed by atoms with E-state index in [1.165, 1.54) is 45.0 Å². The largest absolute Gasteiger partial charge is 0.297 e. The van der Waals surface area contributed by atoms with Crippen LogP contribution in [0.5, 0.6) is 0 Å². The topological polar surface area (TPSA) is 0 Å². The minimum absolute atomic E-state index is 0.778. The van der Waals surface area contributed by atoms with Crippen molar-refractivity contribution < 1.29 is 4.48 Å². The summed E-state index contributed by atoms with van der Waals surface area (Å²) in [6.07, 6.45) is 0. The summed E-state index contributed by atoms with van der Waals surface area (Å²) in [5.74, 6) is 0. The smallest absolute Gasteiger partial charge is 0.155 e. The van der Waals surface area contributed by atoms with E-state index in [0.29, 0.717) is 0 Å². The second-order valence-electron chi connectivity index (χ2n) is 5.42. The molecule has 92 valence electrons. The van der Waals surface area contributed by atoms with Crippen molar-refractivity contribution in [3.8, 4) is 0 Å². The van der Waals surface area contributed by atoms with E-state index in [4.69, 9.17) is 23.2 Å². The maximum Gasteiger partial charge on any atom is 0.155 e. The number of hydrogen-bond acceptors (Lipinski definition) is 0. The number of alkyl halides is 1. The second-order valence-corrected chi connectivity index (χ2v) is 6.10. The molecule has 3 heterocycles. The van der Waals surface area contributed by atoms with Crippen LogP contribution < -0.4 is 4.48 Å². The number of benzene rings is 1. The van der Waals surface area contributed by atoms with Gasteiger partial charge in [-0.1, -0.05) is 23.2 Å². The zero-order chi connectivity index (χ0) is 11.9. The predicted molar refractivity (Wildman–Crippen MR) is 73.4 cm³/mol. The van der Waals surface area contributed by atoms with E-state index in [0.717, 1.165) is 20.0 Å². The maximum absolute atomic E-state index is 6.12. The molecule has 0 aliphatic carbocycles. The van der Waals surface area contributed by atoms with Crippen LogP contribution in [0, 0.1) is 0 Å². The molecule has 3 fully saturated rings. The summed E-state index contributed by atoms with van der Waals surface area (Å²) >= 11 is 12.1. The van der Waals surface area contributed by atoms with Crippen LogP contribution >= 0.6 is 23.2 Å². The molecule has 0 aromatic heterocycles. The van der Waals surface area contributed by atoms with Crippen LogP contribution in [0.2, 0.25) is 5.02 Å². The van der Waals surface area contributed by atoms with E-state index in [-0.39, 0.29) is 0 Å². The zero-order valence-electron chi connectivity index (χ0n) is 9.91. The van der Waals surface area contributed by atoms with Crippen LogP contribution in [0.4, 0.5) is 5.69 Å². The fraction of sp³-hybridized carbons (Fsp3) is 0.538. The van der Waals surface area contributed by atoms with E-state index in [9.17, 15) is 0 Å². The molecule has 0 amide bonds. The Hall–Kier alpha value is -0.280. The monoisotopic (exact) mass is 272 g/mol. The van der Waals surface area contributed by atoms with Crippen LogP contribution in [0.25, 0.3) is 0 Å². The lowest BCUT2D eigenvalue weighted by Crippen LogP contribution is -2.75. The standard InChI is InChI=1S/C13H18Cl2N2/c14-11-16-5-8-17(9-6-16,10-7-16)13-3-1-12(15)2-4-13/h1-4H,5-11H2/q+2. The van der Waals surface area contributed by atoms with Gasteiger partial charge in [0.15, 0.2) is 6.00 Å². The van der Waals surface area contributed by atoms with Gasteiger partial charge < -0.3 is 0 Å². The van der Waals surface area contributed by atoms with Crippen LogP contribution in [-0.2, 0) is 0 Å². The van der Waals surface area contributed by atoms with Crippen molar-refractivity contribution in [2.24, 2.45) is 0 Å². The molecule has 4 heteroatoms. The SMILES string of the molecule is ClC[N+]12CC[N+](c3ccc(Cl)cc3)(CC1)CC2. The lowest BCUT2D eigenvalue weighted by molar-refractivity contribution is -0.930. The second kappa shape index (κ2) is 4.13. The molecular formula is C13H18Cl2N2+2. The molecule has 17 heavy (non-hydrogen) atoms. The molecule has 3 saturated heterocycles. The Kier molecular flexibility index (Phi) is 2.86. The molecule has 0 radical (unpaired) electrons. The zero-order valence-corrected chi connectivity index (χ0v) is 11.4. The van der Waals surface area contributed by atoms with Crippen LogP contribution in [-0.4, -0.2) is 49.8 Å². The van der Waals surface area contributed by atoms with Crippen LogP contribution in [0.15, 0.2) is 24.3 Å². The number of piperazine rings is 3. The molecule has 0 saturated carbocycles. The number of halogens is 2. The Morgan fingerprint density at radius 2 is 1.41 bits per heavy atom. The van der Waals surface area contributed by atoms with Gasteiger partial charge in [0.25, 0.3) is 0 Å². The van der Waals surface area contributed by atoms with Gasteiger partial charge in [-0.15, -0.1) is 0 Å². The third-order valence-corrected chi connectivity index (χ3v) is 5.39. The van der Waals surface area contributed by atoms with Crippen molar-refractivity contribution in [3.63, 3.8) is 0 Å². The predicted octanol–water partition coefficient (Wildman–Crippen LogP) is 2.69. The van der Waals surface area contributed by atoms with Gasteiger partial charge in [0.2, 0.25) is 0 Å². The Labute approximate surface area is 113 Å². The molecule has 0 spiro atoms. The van der Waals surface area contributed by atoms with Gasteiger partial charge in [0, 0.05) is 17.2 Å². The van der Waals surface area contributed by atoms with Gasteiger partial charge in [0.1, 0.15) is 45.0 Å². The van der Waals surface area contributed by atoms with Crippen molar-refractivity contribution in [1.29, 1.82) is 0 Å². The summed E-state index contributed by atoms with van der Waals surface area (Å²) in [5, 5.41) is 0.826. The molecule has 1 aromatic rings. The molecule has 3 aliphatic heterocycles. The number of hydrogen-bond donors (Lipinski definition) is 0. The van der Waals surface area contributed by atoms with E-state index in [1.807, 2.05) is 12.1 Å².